The summed E-state index contributed by atoms with van der Waals surface area (Å²) in [6.45, 7) is 3.84. The second kappa shape index (κ2) is 8.95. The molecule has 1 aliphatic rings. The highest BCUT2D eigenvalue weighted by atomic mass is 35.5. The molecule has 2 rings (SSSR count). The number of halogens is 1. The summed E-state index contributed by atoms with van der Waals surface area (Å²) in [5.74, 6) is -0.955. The molecular formula is C14H22ClN3O5S2. The number of ether oxygens (including phenoxy) is 1. The van der Waals surface area contributed by atoms with Gasteiger partial charge < -0.3 is 15.0 Å². The molecule has 0 unspecified atom stereocenters. The van der Waals surface area contributed by atoms with Crippen LogP contribution in [0, 0.1) is 6.92 Å². The van der Waals surface area contributed by atoms with Crippen LogP contribution in [0.25, 0.3) is 0 Å². The molecule has 0 atom stereocenters. The van der Waals surface area contributed by atoms with Crippen molar-refractivity contribution in [2.75, 3.05) is 46.9 Å². The van der Waals surface area contributed by atoms with Crippen molar-refractivity contribution in [3.05, 3.63) is 15.8 Å². The van der Waals surface area contributed by atoms with Crippen molar-refractivity contribution in [1.82, 2.24) is 14.5 Å². The summed E-state index contributed by atoms with van der Waals surface area (Å²) in [5, 5.41) is 4.72. The molecule has 1 saturated heterocycles. The highest BCUT2D eigenvalue weighted by molar-refractivity contribution is 7.89. The number of hydrogen-bond acceptors (Lipinski definition) is 7. The van der Waals surface area contributed by atoms with Gasteiger partial charge in [0.15, 0.2) is 0 Å². The highest BCUT2D eigenvalue weighted by Crippen LogP contribution is 2.29. The molecule has 2 heterocycles. The summed E-state index contributed by atoms with van der Waals surface area (Å²) in [4.78, 5) is 25.7. The van der Waals surface area contributed by atoms with Crippen molar-refractivity contribution in [1.29, 1.82) is 0 Å². The van der Waals surface area contributed by atoms with Crippen molar-refractivity contribution in [2.24, 2.45) is 0 Å². The summed E-state index contributed by atoms with van der Waals surface area (Å²) < 4.78 is 31.3. The molecular weight excluding hydrogens is 390 g/mol. The molecule has 0 spiro atoms. The van der Waals surface area contributed by atoms with Crippen LogP contribution in [-0.2, 0) is 19.6 Å². The van der Waals surface area contributed by atoms with Crippen LogP contribution in [0.1, 0.15) is 15.2 Å². The highest BCUT2D eigenvalue weighted by Gasteiger charge is 2.32. The number of hydrogen-bond donors (Lipinski definition) is 1. The van der Waals surface area contributed by atoms with Crippen LogP contribution in [0.4, 0.5) is 0 Å². The number of thiophene rings is 1. The number of nitrogens with one attached hydrogen (secondary N) is 1. The fraction of sp³-hybridized carbons (Fsp3) is 0.571. The minimum Gasteiger partial charge on any atom is -0.465 e. The molecule has 1 aromatic heterocycles. The molecule has 1 fully saturated rings. The maximum absolute atomic E-state index is 12.8. The normalized spacial score (nSPS) is 15.0. The fourth-order valence-electron chi connectivity index (χ4n) is 2.43. The van der Waals surface area contributed by atoms with Gasteiger partial charge >= 0.3 is 5.97 Å². The van der Waals surface area contributed by atoms with E-state index in [4.69, 9.17) is 0 Å². The Morgan fingerprint density at radius 1 is 1.36 bits per heavy atom. The van der Waals surface area contributed by atoms with Crippen LogP contribution in [0.3, 0.4) is 0 Å². The Hall–Kier alpha value is -1.20. The number of likely N-dealkylation sites (N-methyl/N-ethyl adjacent to an activating group) is 1. The zero-order valence-electron chi connectivity index (χ0n) is 14.3. The smallest absolute Gasteiger partial charge is 0.349 e. The van der Waals surface area contributed by atoms with Crippen LogP contribution in [0.2, 0.25) is 0 Å². The average Bonchev–Trinajstić information content (AvgIpc) is 2.97. The molecule has 8 nitrogen and oxygen atoms in total. The first kappa shape index (κ1) is 21.8. The van der Waals surface area contributed by atoms with E-state index >= 15 is 0 Å². The van der Waals surface area contributed by atoms with Crippen LogP contribution in [0.15, 0.2) is 10.3 Å². The predicted molar refractivity (Wildman–Crippen MR) is 96.9 cm³/mol. The number of amides is 1. The molecule has 11 heteroatoms. The zero-order chi connectivity index (χ0) is 17.9. The van der Waals surface area contributed by atoms with E-state index in [1.807, 2.05) is 0 Å². The molecule has 142 valence electrons. The molecule has 0 aromatic carbocycles. The predicted octanol–water partition coefficient (Wildman–Crippen LogP) is 0.317. The van der Waals surface area contributed by atoms with Gasteiger partial charge in [0.25, 0.3) is 0 Å². The lowest BCUT2D eigenvalue weighted by atomic mass is 10.3. The lowest BCUT2D eigenvalue weighted by Gasteiger charge is -2.29. The maximum atomic E-state index is 12.8. The number of esters is 1. The quantitative estimate of drug-likeness (QED) is 0.701. The Balaban J connectivity index is 0.00000312. The number of nitrogens with zero attached hydrogens (tertiary/aromatic N) is 2. The lowest BCUT2D eigenvalue weighted by molar-refractivity contribution is -0.131. The standard InChI is InChI=1S/C14H21N3O5S2.ClH/c1-10-9-23-12(14(19)22-3)13(10)24(20,21)16(2)8-11(18)17-6-4-15-5-7-17;/h9,15H,4-8H2,1-3H3;1H. The monoisotopic (exact) mass is 411 g/mol. The van der Waals surface area contributed by atoms with E-state index in [-0.39, 0.29) is 34.6 Å². The Bertz CT molecular complexity index is 729. The van der Waals surface area contributed by atoms with Gasteiger partial charge in [-0.05, 0) is 17.9 Å². The third-order valence-electron chi connectivity index (χ3n) is 3.78. The topological polar surface area (TPSA) is 96.0 Å². The van der Waals surface area contributed by atoms with Gasteiger partial charge in [-0.3, -0.25) is 4.79 Å². The minimum absolute atomic E-state index is 0. The van der Waals surface area contributed by atoms with Crippen molar-refractivity contribution < 1.29 is 22.7 Å². The summed E-state index contributed by atoms with van der Waals surface area (Å²) >= 11 is 1.02. The molecule has 0 radical (unpaired) electrons. The largest absolute Gasteiger partial charge is 0.465 e. The van der Waals surface area contributed by atoms with Crippen molar-refractivity contribution in [3.8, 4) is 0 Å². The van der Waals surface area contributed by atoms with Gasteiger partial charge in [-0.15, -0.1) is 23.7 Å². The van der Waals surface area contributed by atoms with Gasteiger partial charge in [-0.2, -0.15) is 4.31 Å². The second-order valence-corrected chi connectivity index (χ2v) is 8.32. The summed E-state index contributed by atoms with van der Waals surface area (Å²) in [6.07, 6.45) is 0. The maximum Gasteiger partial charge on any atom is 0.349 e. The average molecular weight is 412 g/mol. The molecule has 1 aliphatic heterocycles. The first-order valence-electron chi connectivity index (χ1n) is 7.40. The van der Waals surface area contributed by atoms with Crippen LogP contribution in [0.5, 0.6) is 0 Å². The van der Waals surface area contributed by atoms with Gasteiger partial charge in [0, 0.05) is 33.2 Å². The van der Waals surface area contributed by atoms with Crippen LogP contribution < -0.4 is 5.32 Å². The number of carbonyl (C=O) groups is 2. The van der Waals surface area contributed by atoms with Crippen molar-refractivity contribution >= 4 is 45.6 Å². The molecule has 25 heavy (non-hydrogen) atoms. The van der Waals surface area contributed by atoms with Gasteiger partial charge in [-0.1, -0.05) is 0 Å². The molecule has 0 bridgehead atoms. The van der Waals surface area contributed by atoms with E-state index in [9.17, 15) is 18.0 Å². The summed E-state index contributed by atoms with van der Waals surface area (Å²) in [5.41, 5.74) is 0.460. The Morgan fingerprint density at radius 2 is 1.96 bits per heavy atom. The Labute approximate surface area is 157 Å². The lowest BCUT2D eigenvalue weighted by Crippen LogP contribution is -2.49. The number of rotatable bonds is 5. The van der Waals surface area contributed by atoms with Crippen molar-refractivity contribution in [2.45, 2.75) is 11.8 Å². The van der Waals surface area contributed by atoms with E-state index in [0.717, 1.165) is 15.6 Å². The first-order chi connectivity index (χ1) is 11.3. The second-order valence-electron chi connectivity index (χ2n) is 5.46. The number of methoxy groups -OCH3 is 1. The van der Waals surface area contributed by atoms with Crippen LogP contribution >= 0.6 is 23.7 Å². The van der Waals surface area contributed by atoms with E-state index < -0.39 is 16.0 Å². The summed E-state index contributed by atoms with van der Waals surface area (Å²) in [7, 11) is -1.43. The molecule has 1 aromatic rings. The van der Waals surface area contributed by atoms with E-state index in [1.165, 1.54) is 14.2 Å². The molecule has 0 aliphatic carbocycles. The van der Waals surface area contributed by atoms with E-state index in [2.05, 4.69) is 10.1 Å². The van der Waals surface area contributed by atoms with Gasteiger partial charge in [0.05, 0.1) is 13.7 Å². The third-order valence-corrected chi connectivity index (χ3v) is 6.98. The number of carbonyl (C=O) groups excluding carboxylic acids is 2. The zero-order valence-corrected chi connectivity index (χ0v) is 16.7. The van der Waals surface area contributed by atoms with Gasteiger partial charge in [0.2, 0.25) is 15.9 Å². The number of sulfonamides is 1. The molecule has 1 amide bonds. The summed E-state index contributed by atoms with van der Waals surface area (Å²) in [6, 6.07) is 0. The molecule has 0 saturated carbocycles. The Morgan fingerprint density at radius 3 is 2.52 bits per heavy atom. The van der Waals surface area contributed by atoms with Crippen LogP contribution in [-0.4, -0.2) is 76.4 Å². The first-order valence-corrected chi connectivity index (χ1v) is 9.72. The fourth-order valence-corrected chi connectivity index (χ4v) is 5.20. The minimum atomic E-state index is -3.97. The Kier molecular flexibility index (Phi) is 7.82. The number of aryl methyl sites for hydroxylation is 1. The molecule has 1 N–H and O–H groups in total. The van der Waals surface area contributed by atoms with Gasteiger partial charge in [0.1, 0.15) is 9.77 Å². The van der Waals surface area contributed by atoms with Crippen molar-refractivity contribution in [3.63, 3.8) is 0 Å². The van der Waals surface area contributed by atoms with Gasteiger partial charge in [-0.25, -0.2) is 13.2 Å². The SMILES string of the molecule is COC(=O)c1scc(C)c1S(=O)(=O)N(C)CC(=O)N1CCNCC1.Cl. The third kappa shape index (κ3) is 4.70. The number of piperazine rings is 1. The van der Waals surface area contributed by atoms with E-state index in [0.29, 0.717) is 31.7 Å². The van der Waals surface area contributed by atoms with E-state index in [1.54, 1.807) is 17.2 Å².